The quantitative estimate of drug-likeness (QED) is 0.937. The zero-order chi connectivity index (χ0) is 14.8. The molecule has 1 atom stereocenters. The first-order valence-corrected chi connectivity index (χ1v) is 6.05. The van der Waals surface area contributed by atoms with Crippen LogP contribution in [0.25, 0.3) is 0 Å². The van der Waals surface area contributed by atoms with E-state index in [1.807, 2.05) is 6.92 Å². The Bertz CT molecular complexity index is 563. The molecule has 0 radical (unpaired) electrons. The molecule has 0 bridgehead atoms. The molecule has 0 amide bonds. The highest BCUT2D eigenvalue weighted by Gasteiger charge is 2.30. The fraction of sp³-hybridized carbons (Fsp3) is 0.385. The summed E-state index contributed by atoms with van der Waals surface area (Å²) in [7, 11) is 0. The maximum atomic E-state index is 12.4. The number of aromatic nitrogens is 2. The van der Waals surface area contributed by atoms with Crippen LogP contribution < -0.4 is 5.32 Å². The van der Waals surface area contributed by atoms with E-state index in [9.17, 15) is 13.2 Å². The molecular weight excluding hydrogens is 271 g/mol. The van der Waals surface area contributed by atoms with Gasteiger partial charge in [0.1, 0.15) is 11.5 Å². The van der Waals surface area contributed by atoms with E-state index in [0.717, 1.165) is 18.0 Å². The monoisotopic (exact) mass is 285 g/mol. The molecular formula is C13H14F3N3O. The van der Waals surface area contributed by atoms with Crippen LogP contribution in [0.15, 0.2) is 28.9 Å². The third-order valence-electron chi connectivity index (χ3n) is 2.83. The molecule has 0 saturated carbocycles. The van der Waals surface area contributed by atoms with Gasteiger partial charge in [0.05, 0.1) is 17.3 Å². The van der Waals surface area contributed by atoms with Gasteiger partial charge < -0.3 is 9.84 Å². The lowest BCUT2D eigenvalue weighted by molar-refractivity contribution is -0.137. The molecule has 0 spiro atoms. The van der Waals surface area contributed by atoms with Crippen molar-refractivity contribution in [3.63, 3.8) is 0 Å². The van der Waals surface area contributed by atoms with E-state index in [4.69, 9.17) is 4.52 Å². The second-order valence-corrected chi connectivity index (χ2v) is 4.50. The van der Waals surface area contributed by atoms with Crippen molar-refractivity contribution >= 4 is 0 Å². The maximum Gasteiger partial charge on any atom is 0.417 e. The molecule has 20 heavy (non-hydrogen) atoms. The van der Waals surface area contributed by atoms with Gasteiger partial charge in [0.15, 0.2) is 0 Å². The summed E-state index contributed by atoms with van der Waals surface area (Å²) in [5.74, 6) is 0.710. The highest BCUT2D eigenvalue weighted by Crippen LogP contribution is 2.28. The summed E-state index contributed by atoms with van der Waals surface area (Å²) >= 11 is 0. The van der Waals surface area contributed by atoms with Crippen LogP contribution >= 0.6 is 0 Å². The van der Waals surface area contributed by atoms with Crippen molar-refractivity contribution in [2.75, 3.05) is 0 Å². The zero-order valence-electron chi connectivity index (χ0n) is 11.0. The van der Waals surface area contributed by atoms with Gasteiger partial charge in [-0.3, -0.25) is 4.98 Å². The van der Waals surface area contributed by atoms with Gasteiger partial charge in [-0.2, -0.15) is 13.2 Å². The van der Waals surface area contributed by atoms with Crippen LogP contribution in [0.4, 0.5) is 13.2 Å². The average Bonchev–Trinajstić information content (AvgIpc) is 2.82. The largest absolute Gasteiger partial charge is 0.417 e. The fourth-order valence-electron chi connectivity index (χ4n) is 1.65. The third-order valence-corrected chi connectivity index (χ3v) is 2.83. The van der Waals surface area contributed by atoms with E-state index >= 15 is 0 Å². The second kappa shape index (κ2) is 5.62. The van der Waals surface area contributed by atoms with E-state index in [-0.39, 0.29) is 6.04 Å². The minimum Gasteiger partial charge on any atom is -0.361 e. The minimum atomic E-state index is -4.36. The molecule has 0 fully saturated rings. The Morgan fingerprint density at radius 2 is 2.10 bits per heavy atom. The highest BCUT2D eigenvalue weighted by atomic mass is 19.4. The average molecular weight is 285 g/mol. The van der Waals surface area contributed by atoms with Crippen molar-refractivity contribution in [1.82, 2.24) is 15.5 Å². The number of aryl methyl sites for hydroxylation is 1. The van der Waals surface area contributed by atoms with Crippen LogP contribution in [0.2, 0.25) is 0 Å². The Morgan fingerprint density at radius 3 is 2.60 bits per heavy atom. The van der Waals surface area contributed by atoms with E-state index in [1.165, 1.54) is 6.07 Å². The lowest BCUT2D eigenvalue weighted by atomic mass is 10.2. The maximum absolute atomic E-state index is 12.4. The van der Waals surface area contributed by atoms with Crippen molar-refractivity contribution in [3.05, 3.63) is 47.1 Å². The molecule has 4 nitrogen and oxygen atoms in total. The normalized spacial score (nSPS) is 13.4. The SMILES string of the molecule is Cc1cc([C@@H](C)NCc2ccc(C(F)(F)F)cn2)no1. The van der Waals surface area contributed by atoms with Gasteiger partial charge in [0.25, 0.3) is 0 Å². The van der Waals surface area contributed by atoms with Gasteiger partial charge in [-0.15, -0.1) is 0 Å². The van der Waals surface area contributed by atoms with Gasteiger partial charge in [-0.25, -0.2) is 0 Å². The van der Waals surface area contributed by atoms with Gasteiger partial charge in [0.2, 0.25) is 0 Å². The minimum absolute atomic E-state index is 0.0726. The summed E-state index contributed by atoms with van der Waals surface area (Å²) in [5.41, 5.74) is 0.529. The van der Waals surface area contributed by atoms with Crippen LogP contribution in [0.5, 0.6) is 0 Å². The van der Waals surface area contributed by atoms with E-state index in [1.54, 1.807) is 13.0 Å². The Balaban J connectivity index is 1.94. The van der Waals surface area contributed by atoms with Crippen LogP contribution in [0.3, 0.4) is 0 Å². The van der Waals surface area contributed by atoms with Gasteiger partial charge in [-0.05, 0) is 26.0 Å². The summed E-state index contributed by atoms with van der Waals surface area (Å²) in [6.07, 6.45) is -3.52. The molecule has 2 aromatic heterocycles. The Hall–Kier alpha value is -1.89. The van der Waals surface area contributed by atoms with Crippen molar-refractivity contribution in [1.29, 1.82) is 0 Å². The van der Waals surface area contributed by atoms with E-state index in [0.29, 0.717) is 18.0 Å². The van der Waals surface area contributed by atoms with Gasteiger partial charge in [0, 0.05) is 18.8 Å². The predicted octanol–water partition coefficient (Wildman–Crippen LogP) is 3.25. The van der Waals surface area contributed by atoms with Crippen LogP contribution in [0, 0.1) is 6.92 Å². The smallest absolute Gasteiger partial charge is 0.361 e. The molecule has 2 aromatic rings. The van der Waals surface area contributed by atoms with Crippen molar-refractivity contribution in [2.45, 2.75) is 32.6 Å². The number of halogens is 3. The third kappa shape index (κ3) is 3.57. The van der Waals surface area contributed by atoms with E-state index in [2.05, 4.69) is 15.5 Å². The molecule has 0 aliphatic carbocycles. The Labute approximate surface area is 114 Å². The molecule has 0 saturated heterocycles. The first-order valence-electron chi connectivity index (χ1n) is 6.05. The molecule has 7 heteroatoms. The molecule has 2 heterocycles. The summed E-state index contributed by atoms with van der Waals surface area (Å²) in [5, 5.41) is 6.99. The lowest BCUT2D eigenvalue weighted by Crippen LogP contribution is -2.19. The van der Waals surface area contributed by atoms with Crippen molar-refractivity contribution < 1.29 is 17.7 Å². The standard InChI is InChI=1S/C13H14F3N3O/c1-8-5-12(19-20-8)9(2)17-7-11-4-3-10(6-18-11)13(14,15)16/h3-6,9,17H,7H2,1-2H3/t9-/m1/s1. The van der Waals surface area contributed by atoms with Crippen LogP contribution in [0.1, 0.15) is 35.7 Å². The lowest BCUT2D eigenvalue weighted by Gasteiger charge is -2.11. The van der Waals surface area contributed by atoms with Gasteiger partial charge >= 0.3 is 6.18 Å². The topological polar surface area (TPSA) is 51.0 Å². The molecule has 0 unspecified atom stereocenters. The molecule has 0 aliphatic rings. The molecule has 2 rings (SSSR count). The number of nitrogens with one attached hydrogen (secondary N) is 1. The predicted molar refractivity (Wildman–Crippen MR) is 65.7 cm³/mol. The molecule has 108 valence electrons. The summed E-state index contributed by atoms with van der Waals surface area (Å²) in [6, 6.07) is 4.11. The Kier molecular flexibility index (Phi) is 4.08. The molecule has 0 aromatic carbocycles. The molecule has 1 N–H and O–H groups in total. The van der Waals surface area contributed by atoms with Crippen molar-refractivity contribution in [3.8, 4) is 0 Å². The first kappa shape index (κ1) is 14.5. The molecule has 0 aliphatic heterocycles. The van der Waals surface area contributed by atoms with Crippen LogP contribution in [-0.4, -0.2) is 10.1 Å². The number of alkyl halides is 3. The number of pyridine rings is 1. The fourth-order valence-corrected chi connectivity index (χ4v) is 1.65. The number of hydrogen-bond acceptors (Lipinski definition) is 4. The van der Waals surface area contributed by atoms with Crippen LogP contribution in [-0.2, 0) is 12.7 Å². The highest BCUT2D eigenvalue weighted by molar-refractivity contribution is 5.17. The first-order chi connectivity index (χ1) is 9.36. The summed E-state index contributed by atoms with van der Waals surface area (Å²) in [4.78, 5) is 3.79. The second-order valence-electron chi connectivity index (χ2n) is 4.50. The van der Waals surface area contributed by atoms with Gasteiger partial charge in [-0.1, -0.05) is 5.16 Å². The number of nitrogens with zero attached hydrogens (tertiary/aromatic N) is 2. The van der Waals surface area contributed by atoms with Crippen molar-refractivity contribution in [2.24, 2.45) is 0 Å². The number of rotatable bonds is 4. The Morgan fingerprint density at radius 1 is 1.35 bits per heavy atom. The summed E-state index contributed by atoms with van der Waals surface area (Å²) in [6.45, 7) is 4.03. The zero-order valence-corrected chi connectivity index (χ0v) is 11.0. The summed E-state index contributed by atoms with van der Waals surface area (Å²) < 4.78 is 42.1. The van der Waals surface area contributed by atoms with E-state index < -0.39 is 11.7 Å². The number of hydrogen-bond donors (Lipinski definition) is 1.